The van der Waals surface area contributed by atoms with Crippen LogP contribution in [0.1, 0.15) is 11.1 Å². The highest BCUT2D eigenvalue weighted by Crippen LogP contribution is 2.50. The highest BCUT2D eigenvalue weighted by Gasteiger charge is 2.72. The molecule has 156 valence electrons. The first kappa shape index (κ1) is 23.3. The van der Waals surface area contributed by atoms with Gasteiger partial charge in [-0.3, -0.25) is 0 Å². The van der Waals surface area contributed by atoms with E-state index in [0.717, 1.165) is 0 Å². The largest absolute Gasteiger partial charge is 0.430 e. The van der Waals surface area contributed by atoms with Crippen molar-refractivity contribution in [1.82, 2.24) is 0 Å². The number of hydrogen-bond donors (Lipinski definition) is 2. The van der Waals surface area contributed by atoms with Gasteiger partial charge in [0.1, 0.15) is 0 Å². The summed E-state index contributed by atoms with van der Waals surface area (Å²) in [6.45, 7) is 0. The second-order valence-corrected chi connectivity index (χ2v) is 5.44. The fourth-order valence-corrected chi connectivity index (χ4v) is 2.01. The van der Waals surface area contributed by atoms with Crippen LogP contribution in [-0.2, 0) is 12.0 Å². The van der Waals surface area contributed by atoms with Crippen LogP contribution in [-0.4, -0.2) is 40.5 Å². The second kappa shape index (κ2) is 6.43. The lowest BCUT2D eigenvalue weighted by Gasteiger charge is -2.33. The molecule has 27 heavy (non-hydrogen) atoms. The molecule has 0 saturated heterocycles. The lowest BCUT2D eigenvalue weighted by atomic mass is 9.88. The normalized spacial score (nSPS) is 15.2. The predicted octanol–water partition coefficient (Wildman–Crippen LogP) is 4.40. The van der Waals surface area contributed by atoms with Gasteiger partial charge in [0.05, 0.1) is 0 Å². The highest BCUT2D eigenvalue weighted by molar-refractivity contribution is 5.31. The molecule has 1 aromatic rings. The number of rotatable bonds is 3. The molecule has 0 heterocycles. The quantitative estimate of drug-likeness (QED) is 0.707. The summed E-state index contributed by atoms with van der Waals surface area (Å²) < 4.78 is 151. The number of alkyl halides is 12. The van der Waals surface area contributed by atoms with Crippen molar-refractivity contribution >= 4 is 0 Å². The second-order valence-electron chi connectivity index (χ2n) is 5.44. The van der Waals surface area contributed by atoms with Gasteiger partial charge >= 0.3 is 24.7 Å². The summed E-state index contributed by atoms with van der Waals surface area (Å²) in [6, 6.07) is -0.132. The van der Waals surface area contributed by atoms with E-state index in [-0.39, 0.29) is 24.3 Å². The Morgan fingerprint density at radius 3 is 1.15 bits per heavy atom. The Morgan fingerprint density at radius 2 is 0.889 bits per heavy atom. The summed E-state index contributed by atoms with van der Waals surface area (Å²) in [5.41, 5.74) is -13.6. The number of halogens is 12. The van der Waals surface area contributed by atoms with Crippen LogP contribution in [0, 0.1) is 0 Å². The van der Waals surface area contributed by atoms with Crippen LogP contribution >= 0.6 is 0 Å². The smallest absolute Gasteiger partial charge is 0.373 e. The summed E-state index contributed by atoms with van der Waals surface area (Å²) in [5.74, 6) is 0. The summed E-state index contributed by atoms with van der Waals surface area (Å²) in [6.07, 6.45) is -27.3. The van der Waals surface area contributed by atoms with Crippen molar-refractivity contribution in [3.05, 3.63) is 35.4 Å². The lowest BCUT2D eigenvalue weighted by Crippen LogP contribution is -2.58. The van der Waals surface area contributed by atoms with Crippen molar-refractivity contribution in [3.63, 3.8) is 0 Å². The van der Waals surface area contributed by atoms with E-state index in [9.17, 15) is 52.7 Å². The number of hydrogen-bond acceptors (Lipinski definition) is 2. The summed E-state index contributed by atoms with van der Waals surface area (Å²) >= 11 is 0. The van der Waals surface area contributed by atoms with E-state index in [1.807, 2.05) is 0 Å². The topological polar surface area (TPSA) is 40.5 Å². The summed E-state index contributed by atoms with van der Waals surface area (Å²) in [4.78, 5) is 0. The molecule has 0 aliphatic heterocycles. The van der Waals surface area contributed by atoms with Gasteiger partial charge in [0.2, 0.25) is 0 Å². The molecule has 0 aromatic heterocycles. The average molecular weight is 424 g/mol. The van der Waals surface area contributed by atoms with Crippen LogP contribution in [0.5, 0.6) is 0 Å². The molecular weight excluding hydrogens is 416 g/mol. The van der Waals surface area contributed by atoms with E-state index in [1.54, 1.807) is 0 Å². The monoisotopic (exact) mass is 424 g/mol. The third kappa shape index (κ3) is 3.95. The Labute approximate surface area is 142 Å². The maximum atomic E-state index is 12.7. The van der Waals surface area contributed by atoms with E-state index in [2.05, 4.69) is 0 Å². The van der Waals surface area contributed by atoms with Crippen LogP contribution in [0.25, 0.3) is 0 Å². The van der Waals surface area contributed by atoms with E-state index in [0.29, 0.717) is 0 Å². The molecule has 0 aliphatic carbocycles. The van der Waals surface area contributed by atoms with Gasteiger partial charge in [-0.05, 0) is 5.56 Å². The summed E-state index contributed by atoms with van der Waals surface area (Å²) in [7, 11) is 0. The van der Waals surface area contributed by atoms with Gasteiger partial charge in [-0.25, -0.2) is 0 Å². The first-order valence-corrected chi connectivity index (χ1v) is 6.49. The maximum Gasteiger partial charge on any atom is 0.430 e. The van der Waals surface area contributed by atoms with Crippen molar-refractivity contribution in [3.8, 4) is 0 Å². The Bertz CT molecular complexity index is 622. The first-order chi connectivity index (χ1) is 11.7. The van der Waals surface area contributed by atoms with Crippen LogP contribution in [0.4, 0.5) is 52.7 Å². The van der Waals surface area contributed by atoms with E-state index < -0.39 is 53.5 Å². The van der Waals surface area contributed by atoms with Gasteiger partial charge in [0.25, 0.3) is 11.2 Å². The predicted molar refractivity (Wildman–Crippen MR) is 63.2 cm³/mol. The minimum Gasteiger partial charge on any atom is -0.373 e. The third-order valence-corrected chi connectivity index (χ3v) is 3.59. The molecule has 1 aromatic carbocycles. The molecule has 0 radical (unpaired) electrons. The Balaban J connectivity index is 3.37. The zero-order valence-corrected chi connectivity index (χ0v) is 12.4. The SMILES string of the molecule is OC(Cc1ccc(C(O)(C(F)(F)F)C(F)(F)F)cc1)(C(F)(F)F)C(F)(F)F. The highest BCUT2D eigenvalue weighted by atomic mass is 19.4. The molecule has 2 N–H and O–H groups in total. The van der Waals surface area contributed by atoms with Crippen LogP contribution in [0.2, 0.25) is 0 Å². The van der Waals surface area contributed by atoms with Crippen LogP contribution in [0.3, 0.4) is 0 Å². The number of aliphatic hydroxyl groups is 2. The third-order valence-electron chi connectivity index (χ3n) is 3.59. The molecule has 14 heteroatoms. The fourth-order valence-electron chi connectivity index (χ4n) is 2.01. The zero-order valence-electron chi connectivity index (χ0n) is 12.4. The van der Waals surface area contributed by atoms with Crippen molar-refractivity contribution in [2.24, 2.45) is 0 Å². The average Bonchev–Trinajstić information content (AvgIpc) is 2.42. The molecule has 0 atom stereocenters. The maximum absolute atomic E-state index is 12.7. The molecule has 1 rings (SSSR count). The Kier molecular flexibility index (Phi) is 5.56. The molecule has 0 spiro atoms. The van der Waals surface area contributed by atoms with Gasteiger partial charge in [0.15, 0.2) is 0 Å². The van der Waals surface area contributed by atoms with Crippen molar-refractivity contribution in [1.29, 1.82) is 0 Å². The Hall–Kier alpha value is -1.70. The van der Waals surface area contributed by atoms with Crippen LogP contribution < -0.4 is 0 Å². The van der Waals surface area contributed by atoms with Crippen molar-refractivity contribution in [2.45, 2.75) is 42.3 Å². The fraction of sp³-hybridized carbons (Fsp3) is 0.538. The van der Waals surface area contributed by atoms with E-state index in [1.165, 1.54) is 0 Å². The molecule has 0 unspecified atom stereocenters. The van der Waals surface area contributed by atoms with E-state index in [4.69, 9.17) is 10.2 Å². The molecule has 0 amide bonds. The summed E-state index contributed by atoms with van der Waals surface area (Å²) in [5, 5.41) is 18.0. The van der Waals surface area contributed by atoms with Crippen molar-refractivity contribution < 1.29 is 62.9 Å². The molecule has 0 fully saturated rings. The van der Waals surface area contributed by atoms with Crippen LogP contribution in [0.15, 0.2) is 24.3 Å². The molecular formula is C13H8F12O2. The molecule has 2 nitrogen and oxygen atoms in total. The zero-order chi connectivity index (χ0) is 21.7. The lowest BCUT2D eigenvalue weighted by molar-refractivity contribution is -0.376. The Morgan fingerprint density at radius 1 is 0.556 bits per heavy atom. The standard InChI is InChI=1S/C13H8F12O2/c14-10(15,16)8(26,11(17,18)19)5-6-1-3-7(4-2-6)9(27,12(20,21)22)13(23,24)25/h1-4,26-27H,5H2. The van der Waals surface area contributed by atoms with Gasteiger partial charge < -0.3 is 10.2 Å². The minimum atomic E-state index is -6.29. The van der Waals surface area contributed by atoms with Gasteiger partial charge in [-0.15, -0.1) is 0 Å². The van der Waals surface area contributed by atoms with Gasteiger partial charge in [-0.1, -0.05) is 24.3 Å². The number of benzene rings is 1. The molecule has 0 saturated carbocycles. The minimum absolute atomic E-state index is 0.0697. The van der Waals surface area contributed by atoms with Gasteiger partial charge in [0, 0.05) is 12.0 Å². The first-order valence-electron chi connectivity index (χ1n) is 6.49. The van der Waals surface area contributed by atoms with Gasteiger partial charge in [-0.2, -0.15) is 52.7 Å². The molecule has 0 bridgehead atoms. The van der Waals surface area contributed by atoms with Crippen molar-refractivity contribution in [2.75, 3.05) is 0 Å². The molecule has 0 aliphatic rings. The van der Waals surface area contributed by atoms with E-state index >= 15 is 0 Å².